The van der Waals surface area contributed by atoms with Crippen molar-refractivity contribution in [2.75, 3.05) is 13.9 Å². The molecule has 2 N–H and O–H groups in total. The first kappa shape index (κ1) is 19.0. The lowest BCUT2D eigenvalue weighted by molar-refractivity contribution is -0.121. The van der Waals surface area contributed by atoms with E-state index >= 15 is 0 Å². The van der Waals surface area contributed by atoms with Gasteiger partial charge in [-0.3, -0.25) is 14.2 Å². The molecule has 4 rings (SSSR count). The smallest absolute Gasteiger partial charge is 0.262 e. The number of amides is 1. The third-order valence-electron chi connectivity index (χ3n) is 4.69. The highest BCUT2D eigenvalue weighted by atomic mass is 32.1. The summed E-state index contributed by atoms with van der Waals surface area (Å²) >= 11 is 5.30. The van der Waals surface area contributed by atoms with Crippen LogP contribution < -0.4 is 25.1 Å². The number of ether oxygens (including phenoxy) is 3. The molecule has 0 saturated carbocycles. The van der Waals surface area contributed by atoms with E-state index < -0.39 is 0 Å². The van der Waals surface area contributed by atoms with Crippen molar-refractivity contribution >= 4 is 29.0 Å². The second kappa shape index (κ2) is 7.96. The zero-order chi connectivity index (χ0) is 20.4. The summed E-state index contributed by atoms with van der Waals surface area (Å²) in [5.41, 5.74) is 1.25. The Hall–Kier alpha value is -3.33. The van der Waals surface area contributed by atoms with Crippen molar-refractivity contribution in [3.8, 4) is 17.2 Å². The molecule has 1 amide bonds. The normalized spacial score (nSPS) is 12.2. The lowest BCUT2D eigenvalue weighted by Crippen LogP contribution is -2.28. The minimum absolute atomic E-state index is 0.120. The van der Waals surface area contributed by atoms with E-state index in [0.717, 1.165) is 11.3 Å². The van der Waals surface area contributed by atoms with Crippen molar-refractivity contribution in [1.29, 1.82) is 0 Å². The van der Waals surface area contributed by atoms with Crippen molar-refractivity contribution in [2.24, 2.45) is 0 Å². The number of rotatable bonds is 6. The van der Waals surface area contributed by atoms with Crippen LogP contribution in [0.3, 0.4) is 0 Å². The molecule has 0 saturated heterocycles. The second-order valence-electron chi connectivity index (χ2n) is 6.51. The third kappa shape index (κ3) is 3.95. The molecule has 9 heteroatoms. The molecule has 8 nitrogen and oxygen atoms in total. The largest absolute Gasteiger partial charge is 0.497 e. The fraction of sp³-hybridized carbons (Fsp3) is 0.250. The highest BCUT2D eigenvalue weighted by Crippen LogP contribution is 2.34. The molecule has 1 aliphatic heterocycles. The number of methoxy groups -OCH3 is 1. The molecular weight excluding hydrogens is 394 g/mol. The number of benzene rings is 2. The first-order valence-corrected chi connectivity index (χ1v) is 9.42. The number of carbonyl (C=O) groups is 1. The van der Waals surface area contributed by atoms with E-state index in [4.69, 9.17) is 26.4 Å². The van der Waals surface area contributed by atoms with E-state index in [1.54, 1.807) is 19.2 Å². The lowest BCUT2D eigenvalue weighted by atomic mass is 10.2. The van der Waals surface area contributed by atoms with Crippen LogP contribution in [-0.4, -0.2) is 29.4 Å². The van der Waals surface area contributed by atoms with Crippen LogP contribution in [0.5, 0.6) is 17.2 Å². The molecule has 2 aromatic carbocycles. The maximum Gasteiger partial charge on any atom is 0.262 e. The molecule has 1 aromatic heterocycles. The molecule has 0 bridgehead atoms. The monoisotopic (exact) mass is 413 g/mol. The van der Waals surface area contributed by atoms with Gasteiger partial charge in [0, 0.05) is 25.6 Å². The minimum atomic E-state index is -0.273. The quantitative estimate of drug-likeness (QED) is 0.603. The fourth-order valence-corrected chi connectivity index (χ4v) is 3.38. The Morgan fingerprint density at radius 3 is 2.69 bits per heavy atom. The molecule has 0 atom stereocenters. The van der Waals surface area contributed by atoms with Gasteiger partial charge < -0.3 is 24.5 Å². The molecule has 3 aromatic rings. The molecule has 2 heterocycles. The van der Waals surface area contributed by atoms with Gasteiger partial charge in [-0.05, 0) is 36.0 Å². The fourth-order valence-electron chi connectivity index (χ4n) is 3.09. The van der Waals surface area contributed by atoms with Gasteiger partial charge in [0.25, 0.3) is 5.56 Å². The first-order valence-electron chi connectivity index (χ1n) is 9.01. The Morgan fingerprint density at radius 1 is 1.24 bits per heavy atom. The van der Waals surface area contributed by atoms with Gasteiger partial charge in [0.15, 0.2) is 16.3 Å². The summed E-state index contributed by atoms with van der Waals surface area (Å²) in [6.45, 7) is 0.688. The van der Waals surface area contributed by atoms with Crippen molar-refractivity contribution in [3.63, 3.8) is 0 Å². The van der Waals surface area contributed by atoms with E-state index in [-0.39, 0.29) is 36.0 Å². The second-order valence-corrected chi connectivity index (χ2v) is 6.90. The van der Waals surface area contributed by atoms with Crippen LogP contribution in [-0.2, 0) is 17.9 Å². The van der Waals surface area contributed by atoms with Crippen molar-refractivity contribution in [1.82, 2.24) is 14.9 Å². The molecule has 0 radical (unpaired) electrons. The van der Waals surface area contributed by atoms with Gasteiger partial charge in [0.2, 0.25) is 12.7 Å². The summed E-state index contributed by atoms with van der Waals surface area (Å²) < 4.78 is 17.4. The molecular formula is C20H19N3O5S. The molecule has 0 spiro atoms. The minimum Gasteiger partial charge on any atom is -0.497 e. The van der Waals surface area contributed by atoms with E-state index in [1.807, 2.05) is 24.3 Å². The van der Waals surface area contributed by atoms with Gasteiger partial charge in [-0.25, -0.2) is 0 Å². The number of nitrogens with one attached hydrogen (secondary N) is 2. The molecule has 1 aliphatic rings. The predicted octanol–water partition coefficient (Wildman–Crippen LogP) is 2.50. The Balaban J connectivity index is 1.44. The maximum absolute atomic E-state index is 12.8. The number of carbonyl (C=O) groups excluding carboxylic acids is 1. The number of nitrogens with zero attached hydrogens (tertiary/aromatic N) is 1. The summed E-state index contributed by atoms with van der Waals surface area (Å²) in [5, 5.41) is 3.27. The van der Waals surface area contributed by atoms with Gasteiger partial charge >= 0.3 is 0 Å². The van der Waals surface area contributed by atoms with Crippen LogP contribution in [0.25, 0.3) is 10.9 Å². The number of aromatic amines is 1. The average molecular weight is 413 g/mol. The Bertz CT molecular complexity index is 1180. The predicted molar refractivity (Wildman–Crippen MR) is 109 cm³/mol. The van der Waals surface area contributed by atoms with Gasteiger partial charge in [0.05, 0.1) is 18.0 Å². The van der Waals surface area contributed by atoms with Gasteiger partial charge in [-0.2, -0.15) is 0 Å². The number of H-pyrrole nitrogens is 1. The summed E-state index contributed by atoms with van der Waals surface area (Å²) in [5.74, 6) is 1.67. The third-order valence-corrected chi connectivity index (χ3v) is 5.01. The van der Waals surface area contributed by atoms with Crippen LogP contribution in [0, 0.1) is 4.77 Å². The lowest BCUT2D eigenvalue weighted by Gasteiger charge is -2.10. The number of aromatic nitrogens is 2. The Labute approximate surface area is 171 Å². The summed E-state index contributed by atoms with van der Waals surface area (Å²) in [7, 11) is 1.60. The highest BCUT2D eigenvalue weighted by Gasteiger charge is 2.17. The molecule has 0 aliphatic carbocycles. The summed E-state index contributed by atoms with van der Waals surface area (Å²) in [6.07, 6.45) is 0.129. The SMILES string of the molecule is COc1ccc(CNC(=O)CCn2c(=S)[nH]c3cc4c(cc3c2=O)OCO4)cc1. The number of hydrogen-bond donors (Lipinski definition) is 2. The standard InChI is InChI=1S/C20H19N3O5S/c1-26-13-4-2-12(3-5-13)10-21-18(24)6-7-23-19(25)14-8-16-17(28-11-27-16)9-15(14)22-20(23)29/h2-5,8-9H,6-7,10-11H2,1H3,(H,21,24)(H,22,29). The highest BCUT2D eigenvalue weighted by molar-refractivity contribution is 7.71. The average Bonchev–Trinajstić information content (AvgIpc) is 3.18. The van der Waals surface area contributed by atoms with Crippen LogP contribution in [0.2, 0.25) is 0 Å². The van der Waals surface area contributed by atoms with Crippen molar-refractivity contribution in [3.05, 3.63) is 57.1 Å². The molecule has 0 unspecified atom stereocenters. The van der Waals surface area contributed by atoms with E-state index in [2.05, 4.69) is 10.3 Å². The first-order chi connectivity index (χ1) is 14.0. The van der Waals surface area contributed by atoms with E-state index in [0.29, 0.717) is 28.9 Å². The van der Waals surface area contributed by atoms with E-state index in [1.165, 1.54) is 4.57 Å². The molecule has 0 fully saturated rings. The van der Waals surface area contributed by atoms with Gasteiger partial charge in [-0.1, -0.05) is 12.1 Å². The maximum atomic E-state index is 12.8. The van der Waals surface area contributed by atoms with Crippen LogP contribution in [0.15, 0.2) is 41.2 Å². The topological polar surface area (TPSA) is 94.6 Å². The molecule has 29 heavy (non-hydrogen) atoms. The van der Waals surface area contributed by atoms with Gasteiger partial charge in [-0.15, -0.1) is 0 Å². The zero-order valence-corrected chi connectivity index (χ0v) is 16.5. The number of fused-ring (bicyclic) bond motifs is 2. The van der Waals surface area contributed by atoms with Crippen LogP contribution in [0.1, 0.15) is 12.0 Å². The van der Waals surface area contributed by atoms with Crippen molar-refractivity contribution < 1.29 is 19.0 Å². The van der Waals surface area contributed by atoms with E-state index in [9.17, 15) is 9.59 Å². The van der Waals surface area contributed by atoms with Gasteiger partial charge in [0.1, 0.15) is 5.75 Å². The summed E-state index contributed by atoms with van der Waals surface area (Å²) in [6, 6.07) is 10.8. The van der Waals surface area contributed by atoms with Crippen molar-refractivity contribution in [2.45, 2.75) is 19.5 Å². The van der Waals surface area contributed by atoms with Crippen LogP contribution in [0.4, 0.5) is 0 Å². The Morgan fingerprint density at radius 2 is 1.97 bits per heavy atom. The summed E-state index contributed by atoms with van der Waals surface area (Å²) in [4.78, 5) is 28.1. The Kier molecular flexibility index (Phi) is 5.22. The molecule has 150 valence electrons. The number of hydrogen-bond acceptors (Lipinski definition) is 6. The zero-order valence-electron chi connectivity index (χ0n) is 15.7. The van der Waals surface area contributed by atoms with Crippen LogP contribution >= 0.6 is 12.2 Å².